The molecule has 2 atom stereocenters. The molecule has 0 radical (unpaired) electrons. The van der Waals surface area contributed by atoms with Gasteiger partial charge in [0.1, 0.15) is 17.4 Å². The summed E-state index contributed by atoms with van der Waals surface area (Å²) in [6.45, 7) is 2.72. The zero-order valence-electron chi connectivity index (χ0n) is 9.27. The highest BCUT2D eigenvalue weighted by Gasteiger charge is 2.30. The number of rotatable bonds is 1. The second-order valence-electron chi connectivity index (χ2n) is 4.31. The van der Waals surface area contributed by atoms with E-state index >= 15 is 0 Å². The normalized spacial score (nSPS) is 25.4. The van der Waals surface area contributed by atoms with Crippen LogP contribution in [0.15, 0.2) is 28.7 Å². The van der Waals surface area contributed by atoms with Crippen molar-refractivity contribution >= 4 is 11.0 Å². The SMILES string of the molecule is Cc1oc2ccccc2c1C1OCCC1N. The summed E-state index contributed by atoms with van der Waals surface area (Å²) in [5.74, 6) is 0.920. The van der Waals surface area contributed by atoms with Crippen LogP contribution in [0.1, 0.15) is 23.8 Å². The fourth-order valence-corrected chi connectivity index (χ4v) is 2.44. The Morgan fingerprint density at radius 2 is 2.12 bits per heavy atom. The first-order chi connectivity index (χ1) is 7.77. The summed E-state index contributed by atoms with van der Waals surface area (Å²) in [6, 6.07) is 8.12. The maximum Gasteiger partial charge on any atom is 0.134 e. The topological polar surface area (TPSA) is 48.4 Å². The fraction of sp³-hybridized carbons (Fsp3) is 0.385. The molecule has 0 spiro atoms. The predicted molar refractivity (Wildman–Crippen MR) is 62.2 cm³/mol. The quantitative estimate of drug-likeness (QED) is 0.798. The molecule has 2 N–H and O–H groups in total. The Hall–Kier alpha value is -1.32. The summed E-state index contributed by atoms with van der Waals surface area (Å²) in [7, 11) is 0. The molecule has 2 aromatic rings. The number of furan rings is 1. The lowest BCUT2D eigenvalue weighted by molar-refractivity contribution is 0.105. The number of nitrogens with two attached hydrogens (primary N) is 1. The zero-order valence-corrected chi connectivity index (χ0v) is 9.27. The predicted octanol–water partition coefficient (Wildman–Crippen LogP) is 2.53. The Morgan fingerprint density at radius 1 is 1.31 bits per heavy atom. The van der Waals surface area contributed by atoms with E-state index < -0.39 is 0 Å². The van der Waals surface area contributed by atoms with Crippen LogP contribution in [-0.4, -0.2) is 12.6 Å². The first-order valence-corrected chi connectivity index (χ1v) is 5.62. The van der Waals surface area contributed by atoms with Crippen LogP contribution in [0.5, 0.6) is 0 Å². The number of hydrogen-bond donors (Lipinski definition) is 1. The molecule has 3 rings (SSSR count). The van der Waals surface area contributed by atoms with E-state index in [9.17, 15) is 0 Å². The van der Waals surface area contributed by atoms with E-state index in [1.807, 2.05) is 25.1 Å². The Morgan fingerprint density at radius 3 is 2.88 bits per heavy atom. The first-order valence-electron chi connectivity index (χ1n) is 5.62. The largest absolute Gasteiger partial charge is 0.461 e. The van der Waals surface area contributed by atoms with Crippen LogP contribution in [0.4, 0.5) is 0 Å². The van der Waals surface area contributed by atoms with E-state index in [4.69, 9.17) is 14.9 Å². The molecular weight excluding hydrogens is 202 g/mol. The van der Waals surface area contributed by atoms with Gasteiger partial charge < -0.3 is 14.9 Å². The third kappa shape index (κ3) is 1.36. The molecule has 2 heterocycles. The number of para-hydroxylation sites is 1. The van der Waals surface area contributed by atoms with Gasteiger partial charge in [-0.15, -0.1) is 0 Å². The Labute approximate surface area is 94.2 Å². The molecule has 1 aliphatic heterocycles. The summed E-state index contributed by atoms with van der Waals surface area (Å²) < 4.78 is 11.4. The van der Waals surface area contributed by atoms with E-state index in [1.165, 1.54) is 0 Å². The van der Waals surface area contributed by atoms with Gasteiger partial charge >= 0.3 is 0 Å². The van der Waals surface area contributed by atoms with Crippen molar-refractivity contribution in [1.29, 1.82) is 0 Å². The fourth-order valence-electron chi connectivity index (χ4n) is 2.44. The van der Waals surface area contributed by atoms with Crippen LogP contribution in [-0.2, 0) is 4.74 Å². The van der Waals surface area contributed by atoms with E-state index in [0.717, 1.165) is 35.3 Å². The molecule has 2 unspecified atom stereocenters. The highest BCUT2D eigenvalue weighted by atomic mass is 16.5. The molecule has 0 bridgehead atoms. The standard InChI is InChI=1S/C13H15NO2/c1-8-12(13-10(14)6-7-15-13)9-4-2-3-5-11(9)16-8/h2-5,10,13H,6-7,14H2,1H3. The summed E-state index contributed by atoms with van der Waals surface area (Å²) in [5, 5.41) is 1.13. The van der Waals surface area contributed by atoms with E-state index in [-0.39, 0.29) is 12.1 Å². The molecule has 0 aliphatic carbocycles. The van der Waals surface area contributed by atoms with Gasteiger partial charge in [0.15, 0.2) is 0 Å². The smallest absolute Gasteiger partial charge is 0.134 e. The highest BCUT2D eigenvalue weighted by molar-refractivity contribution is 5.82. The lowest BCUT2D eigenvalue weighted by Gasteiger charge is -2.14. The van der Waals surface area contributed by atoms with E-state index in [0.29, 0.717) is 0 Å². The lowest BCUT2D eigenvalue weighted by atomic mass is 10.00. The number of hydrogen-bond acceptors (Lipinski definition) is 3. The third-order valence-electron chi connectivity index (χ3n) is 3.24. The summed E-state index contributed by atoms with van der Waals surface area (Å²) in [5.41, 5.74) is 8.10. The van der Waals surface area contributed by atoms with Crippen LogP contribution in [0.2, 0.25) is 0 Å². The van der Waals surface area contributed by atoms with Gasteiger partial charge in [0.2, 0.25) is 0 Å². The van der Waals surface area contributed by atoms with Crippen molar-refractivity contribution in [1.82, 2.24) is 0 Å². The Balaban J connectivity index is 2.18. The highest BCUT2D eigenvalue weighted by Crippen LogP contribution is 2.36. The van der Waals surface area contributed by atoms with Crippen LogP contribution in [0, 0.1) is 6.92 Å². The Kier molecular flexibility index (Phi) is 2.23. The number of fused-ring (bicyclic) bond motifs is 1. The van der Waals surface area contributed by atoms with Gasteiger partial charge in [0.05, 0.1) is 0 Å². The number of ether oxygens (including phenoxy) is 1. The summed E-state index contributed by atoms with van der Waals surface area (Å²) >= 11 is 0. The monoisotopic (exact) mass is 217 g/mol. The maximum absolute atomic E-state index is 6.06. The van der Waals surface area contributed by atoms with Crippen LogP contribution in [0.25, 0.3) is 11.0 Å². The van der Waals surface area contributed by atoms with E-state index in [2.05, 4.69) is 6.07 Å². The van der Waals surface area contributed by atoms with E-state index in [1.54, 1.807) is 0 Å². The van der Waals surface area contributed by atoms with Crippen LogP contribution in [0.3, 0.4) is 0 Å². The Bertz CT molecular complexity index is 518. The second-order valence-corrected chi connectivity index (χ2v) is 4.31. The van der Waals surface area contributed by atoms with Gasteiger partial charge in [0, 0.05) is 23.6 Å². The molecule has 1 aromatic heterocycles. The van der Waals surface area contributed by atoms with Crippen molar-refractivity contribution in [2.24, 2.45) is 5.73 Å². The lowest BCUT2D eigenvalue weighted by Crippen LogP contribution is -2.23. The van der Waals surface area contributed by atoms with Crippen molar-refractivity contribution in [2.45, 2.75) is 25.5 Å². The van der Waals surface area contributed by atoms with Gasteiger partial charge in [-0.05, 0) is 19.4 Å². The third-order valence-corrected chi connectivity index (χ3v) is 3.24. The number of benzene rings is 1. The molecule has 1 saturated heterocycles. The van der Waals surface area contributed by atoms with Crippen molar-refractivity contribution in [3.8, 4) is 0 Å². The molecular formula is C13H15NO2. The van der Waals surface area contributed by atoms with Crippen LogP contribution >= 0.6 is 0 Å². The molecule has 84 valence electrons. The maximum atomic E-state index is 6.06. The van der Waals surface area contributed by atoms with Gasteiger partial charge in [0.25, 0.3) is 0 Å². The molecule has 0 amide bonds. The minimum atomic E-state index is -0.0105. The second kappa shape index (κ2) is 3.61. The van der Waals surface area contributed by atoms with Gasteiger partial charge in [-0.3, -0.25) is 0 Å². The molecule has 16 heavy (non-hydrogen) atoms. The summed E-state index contributed by atoms with van der Waals surface area (Å²) in [6.07, 6.45) is 0.910. The molecule has 1 aromatic carbocycles. The summed E-state index contributed by atoms with van der Waals surface area (Å²) in [4.78, 5) is 0. The number of aryl methyl sites for hydroxylation is 1. The van der Waals surface area contributed by atoms with Gasteiger partial charge in [-0.1, -0.05) is 18.2 Å². The molecule has 1 fully saturated rings. The average molecular weight is 217 g/mol. The molecule has 3 nitrogen and oxygen atoms in total. The first kappa shape index (κ1) is 9.87. The van der Waals surface area contributed by atoms with Crippen molar-refractivity contribution < 1.29 is 9.15 Å². The molecule has 1 aliphatic rings. The molecule has 3 heteroatoms. The minimum absolute atomic E-state index is 0.0105. The van der Waals surface area contributed by atoms with Crippen molar-refractivity contribution in [2.75, 3.05) is 6.61 Å². The van der Waals surface area contributed by atoms with Crippen LogP contribution < -0.4 is 5.73 Å². The van der Waals surface area contributed by atoms with Gasteiger partial charge in [-0.25, -0.2) is 0 Å². The average Bonchev–Trinajstić information content (AvgIpc) is 2.81. The zero-order chi connectivity index (χ0) is 11.1. The molecule has 0 saturated carbocycles. The minimum Gasteiger partial charge on any atom is -0.461 e. The van der Waals surface area contributed by atoms with Crippen molar-refractivity contribution in [3.05, 3.63) is 35.6 Å². The van der Waals surface area contributed by atoms with Crippen molar-refractivity contribution in [3.63, 3.8) is 0 Å². The van der Waals surface area contributed by atoms with Gasteiger partial charge in [-0.2, -0.15) is 0 Å².